The fourth-order valence-corrected chi connectivity index (χ4v) is 2.12. The van der Waals surface area contributed by atoms with E-state index in [0.717, 1.165) is 0 Å². The number of aliphatic hydroxyl groups is 1. The van der Waals surface area contributed by atoms with Crippen LogP contribution in [0.15, 0.2) is 24.3 Å². The van der Waals surface area contributed by atoms with Crippen molar-refractivity contribution in [3.05, 3.63) is 34.9 Å². The first-order valence-electron chi connectivity index (χ1n) is 6.76. The van der Waals surface area contributed by atoms with E-state index < -0.39 is 24.0 Å². The SMILES string of the molecule is CC(C)C[C@H](O)C(=O)N[C@H](Cc1ccccc1Cl)C(=O)O. The summed E-state index contributed by atoms with van der Waals surface area (Å²) >= 11 is 5.99. The molecule has 5 nitrogen and oxygen atoms in total. The van der Waals surface area contributed by atoms with Gasteiger partial charge in [0, 0.05) is 11.4 Å². The third-order valence-electron chi connectivity index (χ3n) is 2.99. The minimum atomic E-state index is -1.21. The van der Waals surface area contributed by atoms with E-state index in [1.165, 1.54) is 0 Å². The lowest BCUT2D eigenvalue weighted by Crippen LogP contribution is -2.47. The van der Waals surface area contributed by atoms with Gasteiger partial charge in [-0.3, -0.25) is 4.79 Å². The van der Waals surface area contributed by atoms with Gasteiger partial charge in [0.05, 0.1) is 0 Å². The number of nitrogens with one attached hydrogen (secondary N) is 1. The molecule has 0 aliphatic rings. The maximum atomic E-state index is 11.8. The van der Waals surface area contributed by atoms with Gasteiger partial charge in [0.25, 0.3) is 0 Å². The highest BCUT2D eigenvalue weighted by Gasteiger charge is 2.25. The number of carbonyl (C=O) groups is 2. The normalized spacial score (nSPS) is 13.8. The van der Waals surface area contributed by atoms with Crippen molar-refractivity contribution in [2.24, 2.45) is 5.92 Å². The number of halogens is 1. The number of hydrogen-bond acceptors (Lipinski definition) is 3. The summed E-state index contributed by atoms with van der Waals surface area (Å²) < 4.78 is 0. The molecule has 0 spiro atoms. The fourth-order valence-electron chi connectivity index (χ4n) is 1.91. The van der Waals surface area contributed by atoms with E-state index in [2.05, 4.69) is 5.32 Å². The average Bonchev–Trinajstić information content (AvgIpc) is 2.39. The van der Waals surface area contributed by atoms with Crippen LogP contribution in [-0.2, 0) is 16.0 Å². The quantitative estimate of drug-likeness (QED) is 0.717. The van der Waals surface area contributed by atoms with E-state index in [1.807, 2.05) is 13.8 Å². The molecular weight excluding hydrogens is 294 g/mol. The summed E-state index contributed by atoms with van der Waals surface area (Å²) in [5.74, 6) is -1.71. The second-order valence-corrected chi connectivity index (χ2v) is 5.75. The number of carbonyl (C=O) groups excluding carboxylic acids is 1. The van der Waals surface area contributed by atoms with Gasteiger partial charge in [-0.25, -0.2) is 4.79 Å². The summed E-state index contributed by atoms with van der Waals surface area (Å²) in [4.78, 5) is 23.1. The lowest BCUT2D eigenvalue weighted by molar-refractivity contribution is -0.143. The van der Waals surface area contributed by atoms with E-state index in [0.29, 0.717) is 10.6 Å². The Morgan fingerprint density at radius 1 is 1.29 bits per heavy atom. The maximum absolute atomic E-state index is 11.8. The van der Waals surface area contributed by atoms with Gasteiger partial charge in [-0.05, 0) is 24.0 Å². The molecule has 0 radical (unpaired) electrons. The zero-order valence-corrected chi connectivity index (χ0v) is 12.8. The zero-order chi connectivity index (χ0) is 16.0. The topological polar surface area (TPSA) is 86.6 Å². The molecule has 0 unspecified atom stereocenters. The molecule has 1 aromatic rings. The molecule has 0 aromatic heterocycles. The Bertz CT molecular complexity index is 504. The average molecular weight is 314 g/mol. The molecule has 116 valence electrons. The van der Waals surface area contributed by atoms with Crippen LogP contribution >= 0.6 is 11.6 Å². The van der Waals surface area contributed by atoms with Crippen molar-refractivity contribution in [2.45, 2.75) is 38.8 Å². The Morgan fingerprint density at radius 2 is 1.90 bits per heavy atom. The minimum Gasteiger partial charge on any atom is -0.480 e. The number of rotatable bonds is 7. The largest absolute Gasteiger partial charge is 0.480 e. The molecule has 21 heavy (non-hydrogen) atoms. The first-order chi connectivity index (χ1) is 9.81. The monoisotopic (exact) mass is 313 g/mol. The molecule has 1 amide bonds. The van der Waals surface area contributed by atoms with Crippen molar-refractivity contribution in [3.63, 3.8) is 0 Å². The van der Waals surface area contributed by atoms with Gasteiger partial charge in [0.1, 0.15) is 12.1 Å². The van der Waals surface area contributed by atoms with Gasteiger partial charge in [0.2, 0.25) is 5.91 Å². The molecule has 1 aromatic carbocycles. The van der Waals surface area contributed by atoms with Crippen molar-refractivity contribution in [1.29, 1.82) is 0 Å². The predicted molar refractivity (Wildman–Crippen MR) is 80.2 cm³/mol. The number of benzene rings is 1. The van der Waals surface area contributed by atoms with Crippen molar-refractivity contribution >= 4 is 23.5 Å². The molecule has 0 saturated carbocycles. The van der Waals surface area contributed by atoms with Gasteiger partial charge in [0.15, 0.2) is 0 Å². The van der Waals surface area contributed by atoms with E-state index in [9.17, 15) is 19.8 Å². The summed E-state index contributed by atoms with van der Waals surface area (Å²) in [6.07, 6.45) is -0.863. The van der Waals surface area contributed by atoms with E-state index in [4.69, 9.17) is 11.6 Å². The third kappa shape index (κ3) is 5.73. The minimum absolute atomic E-state index is 0.0646. The third-order valence-corrected chi connectivity index (χ3v) is 3.36. The molecule has 2 atom stereocenters. The van der Waals surface area contributed by atoms with E-state index in [-0.39, 0.29) is 18.8 Å². The van der Waals surface area contributed by atoms with Crippen LogP contribution in [0, 0.1) is 5.92 Å². The summed E-state index contributed by atoms with van der Waals surface area (Å²) in [6, 6.07) is 5.72. The van der Waals surface area contributed by atoms with E-state index >= 15 is 0 Å². The highest BCUT2D eigenvalue weighted by atomic mass is 35.5. The number of amides is 1. The zero-order valence-electron chi connectivity index (χ0n) is 12.0. The lowest BCUT2D eigenvalue weighted by Gasteiger charge is -2.18. The first-order valence-corrected chi connectivity index (χ1v) is 7.13. The van der Waals surface area contributed by atoms with E-state index in [1.54, 1.807) is 24.3 Å². The molecule has 0 saturated heterocycles. The fraction of sp³-hybridized carbons (Fsp3) is 0.467. The highest BCUT2D eigenvalue weighted by molar-refractivity contribution is 6.31. The second kappa shape index (κ2) is 8.00. The number of carboxylic acid groups (broad SMARTS) is 1. The number of aliphatic hydroxyl groups excluding tert-OH is 1. The molecule has 6 heteroatoms. The lowest BCUT2D eigenvalue weighted by atomic mass is 10.0. The van der Waals surface area contributed by atoms with Gasteiger partial charge >= 0.3 is 5.97 Å². The predicted octanol–water partition coefficient (Wildman–Crippen LogP) is 1.86. The summed E-state index contributed by atoms with van der Waals surface area (Å²) in [5, 5.41) is 21.7. The van der Waals surface area contributed by atoms with Gasteiger partial charge in [-0.1, -0.05) is 43.6 Å². The standard InChI is InChI=1S/C15H20ClNO4/c1-9(2)7-13(18)14(19)17-12(15(20)21)8-10-5-3-4-6-11(10)16/h3-6,9,12-13,18H,7-8H2,1-2H3,(H,17,19)(H,20,21)/t12-,13+/m1/s1. The van der Waals surface area contributed by atoms with Gasteiger partial charge < -0.3 is 15.5 Å². The molecule has 0 aliphatic heterocycles. The Hall–Kier alpha value is -1.59. The molecular formula is C15H20ClNO4. The van der Waals surface area contributed by atoms with Crippen molar-refractivity contribution < 1.29 is 19.8 Å². The Kier molecular flexibility index (Phi) is 6.65. The second-order valence-electron chi connectivity index (χ2n) is 5.34. The van der Waals surface area contributed by atoms with Crippen LogP contribution in [0.25, 0.3) is 0 Å². The van der Waals surface area contributed by atoms with Crippen molar-refractivity contribution in [1.82, 2.24) is 5.32 Å². The summed E-state index contributed by atoms with van der Waals surface area (Å²) in [7, 11) is 0. The Morgan fingerprint density at radius 3 is 2.43 bits per heavy atom. The summed E-state index contributed by atoms with van der Waals surface area (Å²) in [6.45, 7) is 3.74. The van der Waals surface area contributed by atoms with Crippen LogP contribution in [0.4, 0.5) is 0 Å². The maximum Gasteiger partial charge on any atom is 0.326 e. The number of carboxylic acids is 1. The van der Waals surface area contributed by atoms with Crippen molar-refractivity contribution in [3.8, 4) is 0 Å². The van der Waals surface area contributed by atoms with Crippen LogP contribution < -0.4 is 5.32 Å². The van der Waals surface area contributed by atoms with Gasteiger partial charge in [-0.2, -0.15) is 0 Å². The van der Waals surface area contributed by atoms with Crippen LogP contribution in [0.5, 0.6) is 0 Å². The molecule has 0 aliphatic carbocycles. The molecule has 0 heterocycles. The van der Waals surface area contributed by atoms with Crippen molar-refractivity contribution in [2.75, 3.05) is 0 Å². The first kappa shape index (κ1) is 17.5. The van der Waals surface area contributed by atoms with Crippen LogP contribution in [-0.4, -0.2) is 34.2 Å². The molecule has 1 rings (SSSR count). The Labute approximate surface area is 128 Å². The number of aliphatic carboxylic acids is 1. The van der Waals surface area contributed by atoms with Crippen LogP contribution in [0.3, 0.4) is 0 Å². The molecule has 0 fully saturated rings. The molecule has 0 bridgehead atoms. The highest BCUT2D eigenvalue weighted by Crippen LogP contribution is 2.17. The number of hydrogen-bond donors (Lipinski definition) is 3. The smallest absolute Gasteiger partial charge is 0.326 e. The summed E-state index contributed by atoms with van der Waals surface area (Å²) in [5.41, 5.74) is 0.630. The van der Waals surface area contributed by atoms with Gasteiger partial charge in [-0.15, -0.1) is 0 Å². The molecule has 3 N–H and O–H groups in total. The van der Waals surface area contributed by atoms with Crippen LogP contribution in [0.2, 0.25) is 5.02 Å². The Balaban J connectivity index is 2.73. The van der Waals surface area contributed by atoms with Crippen LogP contribution in [0.1, 0.15) is 25.8 Å².